The molecule has 4 nitrogen and oxygen atoms in total. The molecule has 4 heteroatoms. The zero-order chi connectivity index (χ0) is 9.54. The molecule has 14 heavy (non-hydrogen) atoms. The van der Waals surface area contributed by atoms with Crippen LogP contribution in [0.2, 0.25) is 0 Å². The highest BCUT2D eigenvalue weighted by molar-refractivity contribution is 5.43. The molecule has 2 heterocycles. The van der Waals surface area contributed by atoms with Crippen LogP contribution in [0.25, 0.3) is 0 Å². The summed E-state index contributed by atoms with van der Waals surface area (Å²) in [6, 6.07) is 2.06. The number of β-amino-alcohol motifs (C(OH)–C–C–N with tert-alkyl or cyclic N) is 1. The van der Waals surface area contributed by atoms with Crippen molar-refractivity contribution in [3.05, 3.63) is 18.1 Å². The second-order valence-electron chi connectivity index (χ2n) is 4.13. The average Bonchev–Trinajstić information content (AvgIpc) is 2.96. The van der Waals surface area contributed by atoms with E-state index in [-0.39, 0.29) is 6.10 Å². The van der Waals surface area contributed by atoms with Crippen molar-refractivity contribution in [2.45, 2.75) is 24.9 Å². The fourth-order valence-electron chi connectivity index (χ4n) is 1.78. The number of rotatable bonds is 2. The van der Waals surface area contributed by atoms with Gasteiger partial charge in [-0.25, -0.2) is 9.97 Å². The number of hydrogen-bond donors (Lipinski definition) is 1. The lowest BCUT2D eigenvalue weighted by Crippen LogP contribution is -2.51. The molecule has 1 aromatic rings. The Kier molecular flexibility index (Phi) is 1.70. The normalized spacial score (nSPS) is 22.2. The largest absolute Gasteiger partial charge is 0.389 e. The first kappa shape index (κ1) is 8.17. The zero-order valence-electron chi connectivity index (χ0n) is 7.93. The van der Waals surface area contributed by atoms with Gasteiger partial charge in [-0.05, 0) is 12.8 Å². The van der Waals surface area contributed by atoms with Crippen LogP contribution in [0.3, 0.4) is 0 Å². The van der Waals surface area contributed by atoms with Crippen molar-refractivity contribution in [1.29, 1.82) is 0 Å². The van der Waals surface area contributed by atoms with Crippen LogP contribution < -0.4 is 4.90 Å². The number of aliphatic hydroxyl groups is 1. The summed E-state index contributed by atoms with van der Waals surface area (Å²) in [4.78, 5) is 10.6. The van der Waals surface area contributed by atoms with E-state index in [1.165, 1.54) is 12.8 Å². The van der Waals surface area contributed by atoms with Gasteiger partial charge in [-0.2, -0.15) is 0 Å². The minimum absolute atomic E-state index is 0.172. The Morgan fingerprint density at radius 3 is 2.71 bits per heavy atom. The van der Waals surface area contributed by atoms with Crippen LogP contribution in [-0.4, -0.2) is 34.3 Å². The fraction of sp³-hybridized carbons (Fsp3) is 0.600. The fourth-order valence-corrected chi connectivity index (χ4v) is 1.78. The van der Waals surface area contributed by atoms with Gasteiger partial charge in [0.15, 0.2) is 0 Å². The predicted molar refractivity (Wildman–Crippen MR) is 52.2 cm³/mol. The van der Waals surface area contributed by atoms with E-state index in [0.29, 0.717) is 19.0 Å². The van der Waals surface area contributed by atoms with E-state index in [9.17, 15) is 5.11 Å². The molecule has 0 amide bonds. The van der Waals surface area contributed by atoms with E-state index >= 15 is 0 Å². The van der Waals surface area contributed by atoms with Crippen LogP contribution in [0.5, 0.6) is 0 Å². The van der Waals surface area contributed by atoms with Crippen molar-refractivity contribution in [1.82, 2.24) is 9.97 Å². The Balaban J connectivity index is 1.80. The van der Waals surface area contributed by atoms with Gasteiger partial charge in [0.05, 0.1) is 6.10 Å². The molecule has 0 radical (unpaired) electrons. The summed E-state index contributed by atoms with van der Waals surface area (Å²) in [6.07, 6.45) is 3.99. The van der Waals surface area contributed by atoms with Crippen molar-refractivity contribution < 1.29 is 5.11 Å². The second-order valence-corrected chi connectivity index (χ2v) is 4.13. The van der Waals surface area contributed by atoms with Gasteiger partial charge in [-0.15, -0.1) is 0 Å². The van der Waals surface area contributed by atoms with Crippen LogP contribution >= 0.6 is 0 Å². The first-order chi connectivity index (χ1) is 6.83. The van der Waals surface area contributed by atoms with E-state index in [0.717, 1.165) is 11.5 Å². The highest BCUT2D eigenvalue weighted by Gasteiger charge is 2.29. The summed E-state index contributed by atoms with van der Waals surface area (Å²) in [5.74, 6) is 1.63. The molecule has 1 aliphatic heterocycles. The number of nitrogens with zero attached hydrogens (tertiary/aromatic N) is 3. The maximum absolute atomic E-state index is 9.19. The molecule has 1 N–H and O–H groups in total. The van der Waals surface area contributed by atoms with Crippen LogP contribution in [-0.2, 0) is 0 Å². The lowest BCUT2D eigenvalue weighted by Gasteiger charge is -2.36. The monoisotopic (exact) mass is 191 g/mol. The third-order valence-electron chi connectivity index (χ3n) is 2.86. The Hall–Kier alpha value is -1.16. The summed E-state index contributed by atoms with van der Waals surface area (Å²) in [7, 11) is 0. The highest BCUT2D eigenvalue weighted by atomic mass is 16.3. The SMILES string of the molecule is OC1CN(c2cc(C3CC3)ncn2)C1. The lowest BCUT2D eigenvalue weighted by molar-refractivity contribution is 0.141. The minimum atomic E-state index is -0.172. The summed E-state index contributed by atoms with van der Waals surface area (Å²) in [5, 5.41) is 9.19. The number of anilines is 1. The molecule has 1 saturated carbocycles. The number of aliphatic hydroxyl groups excluding tert-OH is 1. The maximum Gasteiger partial charge on any atom is 0.132 e. The molecule has 0 bridgehead atoms. The van der Waals surface area contributed by atoms with Gasteiger partial charge in [-0.1, -0.05) is 0 Å². The molecule has 74 valence electrons. The Morgan fingerprint density at radius 1 is 1.29 bits per heavy atom. The lowest BCUT2D eigenvalue weighted by atomic mass is 10.1. The van der Waals surface area contributed by atoms with Crippen molar-refractivity contribution in [2.75, 3.05) is 18.0 Å². The molecular formula is C10H13N3O. The molecule has 1 aliphatic carbocycles. The summed E-state index contributed by atoms with van der Waals surface area (Å²) < 4.78 is 0. The Morgan fingerprint density at radius 2 is 2.07 bits per heavy atom. The Labute approximate surface area is 82.6 Å². The van der Waals surface area contributed by atoms with Gasteiger partial charge in [0, 0.05) is 30.8 Å². The van der Waals surface area contributed by atoms with Crippen LogP contribution in [0, 0.1) is 0 Å². The maximum atomic E-state index is 9.19. The van der Waals surface area contributed by atoms with Gasteiger partial charge in [0.1, 0.15) is 12.1 Å². The topological polar surface area (TPSA) is 49.2 Å². The average molecular weight is 191 g/mol. The minimum Gasteiger partial charge on any atom is -0.389 e. The molecule has 0 aromatic carbocycles. The predicted octanol–water partition coefficient (Wildman–Crippen LogP) is 0.535. The van der Waals surface area contributed by atoms with Crippen molar-refractivity contribution in [3.8, 4) is 0 Å². The molecule has 2 fully saturated rings. The van der Waals surface area contributed by atoms with Crippen LogP contribution in [0.4, 0.5) is 5.82 Å². The van der Waals surface area contributed by atoms with Gasteiger partial charge in [0.2, 0.25) is 0 Å². The van der Waals surface area contributed by atoms with Gasteiger partial charge in [-0.3, -0.25) is 0 Å². The molecule has 0 unspecified atom stereocenters. The van der Waals surface area contributed by atoms with E-state index in [2.05, 4.69) is 20.9 Å². The summed E-state index contributed by atoms with van der Waals surface area (Å²) in [6.45, 7) is 1.42. The van der Waals surface area contributed by atoms with Gasteiger partial charge in [0.25, 0.3) is 0 Å². The smallest absolute Gasteiger partial charge is 0.132 e. The zero-order valence-corrected chi connectivity index (χ0v) is 7.93. The third kappa shape index (κ3) is 1.35. The van der Waals surface area contributed by atoms with Crippen LogP contribution in [0.1, 0.15) is 24.5 Å². The summed E-state index contributed by atoms with van der Waals surface area (Å²) in [5.41, 5.74) is 1.16. The van der Waals surface area contributed by atoms with Crippen molar-refractivity contribution >= 4 is 5.82 Å². The molecule has 0 atom stereocenters. The first-order valence-corrected chi connectivity index (χ1v) is 5.08. The number of hydrogen-bond acceptors (Lipinski definition) is 4. The van der Waals surface area contributed by atoms with Crippen molar-refractivity contribution in [3.63, 3.8) is 0 Å². The van der Waals surface area contributed by atoms with E-state index in [1.54, 1.807) is 6.33 Å². The highest BCUT2D eigenvalue weighted by Crippen LogP contribution is 2.39. The van der Waals surface area contributed by atoms with E-state index in [4.69, 9.17) is 0 Å². The first-order valence-electron chi connectivity index (χ1n) is 5.08. The quantitative estimate of drug-likeness (QED) is 0.741. The summed E-state index contributed by atoms with van der Waals surface area (Å²) >= 11 is 0. The van der Waals surface area contributed by atoms with E-state index in [1.807, 2.05) is 0 Å². The molecular weight excluding hydrogens is 178 g/mol. The number of aromatic nitrogens is 2. The van der Waals surface area contributed by atoms with Crippen LogP contribution in [0.15, 0.2) is 12.4 Å². The van der Waals surface area contributed by atoms with Gasteiger partial charge >= 0.3 is 0 Å². The molecule has 1 aromatic heterocycles. The second kappa shape index (κ2) is 2.92. The Bertz CT molecular complexity index is 345. The van der Waals surface area contributed by atoms with Crippen molar-refractivity contribution in [2.24, 2.45) is 0 Å². The molecule has 2 aliphatic rings. The third-order valence-corrected chi connectivity index (χ3v) is 2.86. The molecule has 3 rings (SSSR count). The van der Waals surface area contributed by atoms with E-state index < -0.39 is 0 Å². The molecule has 0 spiro atoms. The molecule has 1 saturated heterocycles. The standard InChI is InChI=1S/C10H13N3O/c14-8-4-13(5-8)10-3-9(7-1-2-7)11-6-12-10/h3,6-8,14H,1-2,4-5H2. The van der Waals surface area contributed by atoms with Gasteiger partial charge < -0.3 is 10.0 Å².